The van der Waals surface area contributed by atoms with Crippen LogP contribution in [0.4, 0.5) is 10.5 Å². The quantitative estimate of drug-likeness (QED) is 0.902. The van der Waals surface area contributed by atoms with Gasteiger partial charge in [-0.3, -0.25) is 4.79 Å². The monoisotopic (exact) mass is 303 g/mol. The lowest BCUT2D eigenvalue weighted by Gasteiger charge is -2.32. The molecule has 1 atom stereocenters. The smallest absolute Gasteiger partial charge is 0.317 e. The summed E-state index contributed by atoms with van der Waals surface area (Å²) < 4.78 is 0. The molecule has 5 nitrogen and oxygen atoms in total. The highest BCUT2D eigenvalue weighted by molar-refractivity contribution is 5.93. The Morgan fingerprint density at radius 1 is 1.23 bits per heavy atom. The Morgan fingerprint density at radius 2 is 1.91 bits per heavy atom. The van der Waals surface area contributed by atoms with Gasteiger partial charge in [-0.25, -0.2) is 4.79 Å². The minimum Gasteiger partial charge on any atom is -0.336 e. The molecule has 0 radical (unpaired) electrons. The highest BCUT2D eigenvalue weighted by atomic mass is 16.2. The molecule has 5 heteroatoms. The van der Waals surface area contributed by atoms with E-state index in [9.17, 15) is 9.59 Å². The Hall–Kier alpha value is -2.04. The van der Waals surface area contributed by atoms with Crippen LogP contribution in [0.15, 0.2) is 24.3 Å². The third-order valence-corrected chi connectivity index (χ3v) is 3.81. The molecule has 0 unspecified atom stereocenters. The number of amides is 3. The van der Waals surface area contributed by atoms with Gasteiger partial charge in [-0.2, -0.15) is 0 Å². The van der Waals surface area contributed by atoms with Gasteiger partial charge in [0.25, 0.3) is 0 Å². The predicted octanol–water partition coefficient (Wildman–Crippen LogP) is 2.76. The molecular formula is C17H25N3O2. The summed E-state index contributed by atoms with van der Waals surface area (Å²) in [5, 5.41) is 5.82. The van der Waals surface area contributed by atoms with Gasteiger partial charge in [0.15, 0.2) is 0 Å². The molecule has 1 aromatic carbocycles. The molecule has 1 saturated heterocycles. The van der Waals surface area contributed by atoms with Crippen LogP contribution in [0, 0.1) is 12.8 Å². The van der Waals surface area contributed by atoms with E-state index in [1.807, 2.05) is 45.0 Å². The number of nitrogens with one attached hydrogen (secondary N) is 2. The Kier molecular flexibility index (Phi) is 5.41. The van der Waals surface area contributed by atoms with Crippen molar-refractivity contribution in [2.45, 2.75) is 39.7 Å². The lowest BCUT2D eigenvalue weighted by Crippen LogP contribution is -2.49. The summed E-state index contributed by atoms with van der Waals surface area (Å²) in [7, 11) is 0. The zero-order valence-electron chi connectivity index (χ0n) is 13.6. The van der Waals surface area contributed by atoms with Crippen molar-refractivity contribution < 1.29 is 9.59 Å². The summed E-state index contributed by atoms with van der Waals surface area (Å²) in [4.78, 5) is 26.2. The molecule has 0 aromatic heterocycles. The van der Waals surface area contributed by atoms with Gasteiger partial charge in [0, 0.05) is 24.8 Å². The third kappa shape index (κ3) is 4.48. The molecule has 22 heavy (non-hydrogen) atoms. The summed E-state index contributed by atoms with van der Waals surface area (Å²) >= 11 is 0. The van der Waals surface area contributed by atoms with Crippen molar-refractivity contribution in [3.63, 3.8) is 0 Å². The summed E-state index contributed by atoms with van der Waals surface area (Å²) in [6, 6.07) is 7.77. The summed E-state index contributed by atoms with van der Waals surface area (Å²) in [6.45, 7) is 7.08. The van der Waals surface area contributed by atoms with Crippen LogP contribution in [-0.2, 0) is 4.79 Å². The zero-order valence-corrected chi connectivity index (χ0v) is 13.6. The van der Waals surface area contributed by atoms with Crippen LogP contribution >= 0.6 is 0 Å². The van der Waals surface area contributed by atoms with Crippen molar-refractivity contribution in [1.29, 1.82) is 0 Å². The first-order valence-corrected chi connectivity index (χ1v) is 7.88. The number of rotatable bonds is 3. The van der Waals surface area contributed by atoms with Crippen LogP contribution in [0.5, 0.6) is 0 Å². The van der Waals surface area contributed by atoms with Crippen molar-refractivity contribution in [3.8, 4) is 0 Å². The van der Waals surface area contributed by atoms with Crippen LogP contribution in [0.2, 0.25) is 0 Å². The SMILES string of the molecule is Cc1ccc(NC(=O)[C@H]2CCCN(C(=O)NC(C)C)C2)cc1. The van der Waals surface area contributed by atoms with Crippen LogP contribution in [-0.4, -0.2) is 36.0 Å². The first-order chi connectivity index (χ1) is 10.5. The van der Waals surface area contributed by atoms with Gasteiger partial charge >= 0.3 is 6.03 Å². The first kappa shape index (κ1) is 16.3. The number of anilines is 1. The lowest BCUT2D eigenvalue weighted by molar-refractivity contribution is -0.121. The van der Waals surface area contributed by atoms with Crippen molar-refractivity contribution in [2.24, 2.45) is 5.92 Å². The molecule has 2 rings (SSSR count). The Morgan fingerprint density at radius 3 is 2.55 bits per heavy atom. The van der Waals surface area contributed by atoms with Crippen molar-refractivity contribution in [3.05, 3.63) is 29.8 Å². The number of urea groups is 1. The van der Waals surface area contributed by atoms with Crippen LogP contribution in [0.1, 0.15) is 32.3 Å². The van der Waals surface area contributed by atoms with Crippen molar-refractivity contribution >= 4 is 17.6 Å². The first-order valence-electron chi connectivity index (χ1n) is 7.88. The highest BCUT2D eigenvalue weighted by Crippen LogP contribution is 2.19. The number of benzene rings is 1. The van der Waals surface area contributed by atoms with Gasteiger partial charge in [-0.05, 0) is 45.7 Å². The minimum absolute atomic E-state index is 0.00843. The largest absolute Gasteiger partial charge is 0.336 e. The highest BCUT2D eigenvalue weighted by Gasteiger charge is 2.28. The molecule has 0 spiro atoms. The molecule has 120 valence electrons. The zero-order chi connectivity index (χ0) is 16.1. The second-order valence-corrected chi connectivity index (χ2v) is 6.24. The number of aryl methyl sites for hydroxylation is 1. The predicted molar refractivity (Wildman–Crippen MR) is 87.8 cm³/mol. The topological polar surface area (TPSA) is 61.4 Å². The van der Waals surface area contributed by atoms with Crippen LogP contribution < -0.4 is 10.6 Å². The van der Waals surface area contributed by atoms with Crippen molar-refractivity contribution in [2.75, 3.05) is 18.4 Å². The molecule has 1 heterocycles. The van der Waals surface area contributed by atoms with E-state index in [1.165, 1.54) is 0 Å². The summed E-state index contributed by atoms with van der Waals surface area (Å²) in [5.41, 5.74) is 1.96. The van der Waals surface area contributed by atoms with E-state index in [0.717, 1.165) is 24.1 Å². The van der Waals surface area contributed by atoms with Gasteiger partial charge < -0.3 is 15.5 Å². The molecule has 0 aliphatic carbocycles. The van der Waals surface area contributed by atoms with Crippen LogP contribution in [0.3, 0.4) is 0 Å². The van der Waals surface area contributed by atoms with E-state index in [2.05, 4.69) is 10.6 Å². The second kappa shape index (κ2) is 7.29. The van der Waals surface area contributed by atoms with E-state index < -0.39 is 0 Å². The Balaban J connectivity index is 1.92. The number of hydrogen-bond acceptors (Lipinski definition) is 2. The normalized spacial score (nSPS) is 18.2. The lowest BCUT2D eigenvalue weighted by atomic mass is 9.97. The molecule has 0 saturated carbocycles. The van der Waals surface area contributed by atoms with Gasteiger partial charge in [-0.1, -0.05) is 17.7 Å². The standard InChI is InChI=1S/C17H25N3O2/c1-12(2)18-17(22)20-10-4-5-14(11-20)16(21)19-15-8-6-13(3)7-9-15/h6-9,12,14H,4-5,10-11H2,1-3H3,(H,18,22)(H,19,21)/t14-/m0/s1. The molecule has 3 amide bonds. The van der Waals surface area contributed by atoms with Crippen molar-refractivity contribution in [1.82, 2.24) is 10.2 Å². The van der Waals surface area contributed by atoms with E-state index >= 15 is 0 Å². The number of carbonyl (C=O) groups is 2. The average Bonchev–Trinajstić information content (AvgIpc) is 2.49. The maximum atomic E-state index is 12.4. The third-order valence-electron chi connectivity index (χ3n) is 3.81. The number of piperidine rings is 1. The number of hydrogen-bond donors (Lipinski definition) is 2. The maximum Gasteiger partial charge on any atom is 0.317 e. The van der Waals surface area contributed by atoms with Gasteiger partial charge in [0.2, 0.25) is 5.91 Å². The molecule has 2 N–H and O–H groups in total. The molecule has 0 bridgehead atoms. The summed E-state index contributed by atoms with van der Waals surface area (Å²) in [6.07, 6.45) is 1.68. The van der Waals surface area contributed by atoms with E-state index in [4.69, 9.17) is 0 Å². The number of carbonyl (C=O) groups excluding carboxylic acids is 2. The number of likely N-dealkylation sites (tertiary alicyclic amines) is 1. The second-order valence-electron chi connectivity index (χ2n) is 6.24. The fraction of sp³-hybridized carbons (Fsp3) is 0.529. The summed E-state index contributed by atoms with van der Waals surface area (Å²) in [5.74, 6) is -0.154. The minimum atomic E-state index is -0.145. The molecule has 1 aliphatic rings. The molecular weight excluding hydrogens is 278 g/mol. The van der Waals surface area contributed by atoms with Gasteiger partial charge in [0.05, 0.1) is 5.92 Å². The molecule has 1 fully saturated rings. The molecule has 1 aliphatic heterocycles. The Labute approximate surface area is 132 Å². The van der Waals surface area contributed by atoms with E-state index in [-0.39, 0.29) is 23.9 Å². The maximum absolute atomic E-state index is 12.4. The number of nitrogens with zero attached hydrogens (tertiary/aromatic N) is 1. The fourth-order valence-electron chi connectivity index (χ4n) is 2.60. The van der Waals surface area contributed by atoms with E-state index in [1.54, 1.807) is 4.90 Å². The van der Waals surface area contributed by atoms with Gasteiger partial charge in [-0.15, -0.1) is 0 Å². The fourth-order valence-corrected chi connectivity index (χ4v) is 2.60. The molecule has 1 aromatic rings. The van der Waals surface area contributed by atoms with E-state index in [0.29, 0.717) is 13.1 Å². The average molecular weight is 303 g/mol. The van der Waals surface area contributed by atoms with Gasteiger partial charge in [0.1, 0.15) is 0 Å². The Bertz CT molecular complexity index is 525. The van der Waals surface area contributed by atoms with Crippen LogP contribution in [0.25, 0.3) is 0 Å².